The maximum atomic E-state index is 12.5. The highest BCUT2D eigenvalue weighted by molar-refractivity contribution is 6.04. The first-order chi connectivity index (χ1) is 16.5. The van der Waals surface area contributed by atoms with Crippen LogP contribution in [0.2, 0.25) is 0 Å². The second kappa shape index (κ2) is 11.5. The minimum Gasteiger partial charge on any atom is -0.506 e. The van der Waals surface area contributed by atoms with Gasteiger partial charge in [0.25, 0.3) is 0 Å². The van der Waals surface area contributed by atoms with Crippen LogP contribution in [-0.2, 0) is 4.79 Å². The normalized spacial score (nSPS) is 10.9. The molecule has 3 rings (SSSR count). The van der Waals surface area contributed by atoms with E-state index in [9.17, 15) is 9.90 Å². The van der Waals surface area contributed by atoms with Crippen LogP contribution in [0.4, 0.5) is 5.69 Å². The van der Waals surface area contributed by atoms with Crippen LogP contribution >= 0.6 is 0 Å². The van der Waals surface area contributed by atoms with E-state index in [1.807, 2.05) is 30.3 Å². The first kappa shape index (κ1) is 24.3. The van der Waals surface area contributed by atoms with Crippen molar-refractivity contribution in [3.05, 3.63) is 77.4 Å². The van der Waals surface area contributed by atoms with Crippen molar-refractivity contribution in [2.24, 2.45) is 0 Å². The van der Waals surface area contributed by atoms with E-state index in [1.165, 1.54) is 12.1 Å². The third-order valence-electron chi connectivity index (χ3n) is 5.01. The lowest BCUT2D eigenvalue weighted by molar-refractivity contribution is -0.111. The fourth-order valence-electron chi connectivity index (χ4n) is 3.27. The molecule has 0 saturated carbocycles. The Labute approximate surface area is 198 Å². The molecule has 2 N–H and O–H groups in total. The molecule has 0 aromatic heterocycles. The Morgan fingerprint density at radius 3 is 2.06 bits per heavy atom. The minimum absolute atomic E-state index is 0.0433. The second-order valence-electron chi connectivity index (χ2n) is 7.13. The number of rotatable bonds is 9. The average molecular weight is 462 g/mol. The zero-order valence-corrected chi connectivity index (χ0v) is 19.5. The molecule has 0 unspecified atom stereocenters. The number of aromatic hydroxyl groups is 1. The Hall–Kier alpha value is -4.39. The maximum absolute atomic E-state index is 12.5. The summed E-state index contributed by atoms with van der Waals surface area (Å²) >= 11 is 0. The van der Waals surface area contributed by atoms with Gasteiger partial charge in [0.15, 0.2) is 11.5 Å². The van der Waals surface area contributed by atoms with Crippen molar-refractivity contribution in [1.82, 2.24) is 0 Å². The quantitative estimate of drug-likeness (QED) is 0.257. The molecule has 0 fully saturated rings. The summed E-state index contributed by atoms with van der Waals surface area (Å²) in [5, 5.41) is 13.1. The van der Waals surface area contributed by atoms with Crippen molar-refractivity contribution in [2.45, 2.75) is 0 Å². The van der Waals surface area contributed by atoms with E-state index in [0.717, 1.165) is 16.9 Å². The van der Waals surface area contributed by atoms with Crippen molar-refractivity contribution < 1.29 is 28.8 Å². The van der Waals surface area contributed by atoms with Crippen molar-refractivity contribution in [1.29, 1.82) is 0 Å². The standard InChI is InChI=1S/C27H27NO6/c1-31-21-13-9-18(10-14-21)11-15-25(30)28-26-20(6-5-7-22(26)29)12-8-19-16-23(32-2)27(34-4)24(17-19)33-3/h5-17,29H,1-4H3,(H,28,30)/b12-8?,15-11+. The predicted molar refractivity (Wildman–Crippen MR) is 134 cm³/mol. The Morgan fingerprint density at radius 2 is 1.47 bits per heavy atom. The molecule has 7 nitrogen and oxygen atoms in total. The van der Waals surface area contributed by atoms with E-state index < -0.39 is 0 Å². The summed E-state index contributed by atoms with van der Waals surface area (Å²) in [6, 6.07) is 15.9. The predicted octanol–water partition coefficient (Wildman–Crippen LogP) is 5.25. The molecule has 0 atom stereocenters. The lowest BCUT2D eigenvalue weighted by Gasteiger charge is -2.13. The van der Waals surface area contributed by atoms with Crippen LogP contribution in [0.3, 0.4) is 0 Å². The Balaban J connectivity index is 1.82. The number of benzene rings is 3. The Kier molecular flexibility index (Phi) is 8.18. The first-order valence-corrected chi connectivity index (χ1v) is 10.4. The summed E-state index contributed by atoms with van der Waals surface area (Å²) in [5.74, 6) is 1.86. The molecule has 34 heavy (non-hydrogen) atoms. The van der Waals surface area contributed by atoms with Gasteiger partial charge in [-0.15, -0.1) is 0 Å². The average Bonchev–Trinajstić information content (AvgIpc) is 2.87. The van der Waals surface area contributed by atoms with Crippen molar-refractivity contribution in [3.63, 3.8) is 0 Å². The zero-order valence-electron chi connectivity index (χ0n) is 19.5. The lowest BCUT2D eigenvalue weighted by Crippen LogP contribution is -2.09. The molecule has 0 radical (unpaired) electrons. The monoisotopic (exact) mass is 461 g/mol. The minimum atomic E-state index is -0.375. The number of hydrogen-bond acceptors (Lipinski definition) is 6. The van der Waals surface area contributed by atoms with Crippen LogP contribution in [0.25, 0.3) is 18.2 Å². The summed E-state index contributed by atoms with van der Waals surface area (Å²) in [5.41, 5.74) is 2.56. The highest BCUT2D eigenvalue weighted by Gasteiger charge is 2.13. The largest absolute Gasteiger partial charge is 0.506 e. The SMILES string of the molecule is COc1ccc(/C=C/C(=O)Nc2c(O)cccc2C=Cc2cc(OC)c(OC)c(OC)c2)cc1. The van der Waals surface area contributed by atoms with Gasteiger partial charge < -0.3 is 29.4 Å². The molecular formula is C27H27NO6. The number of phenols is 1. The van der Waals surface area contributed by atoms with Gasteiger partial charge in [-0.2, -0.15) is 0 Å². The number of ether oxygens (including phenoxy) is 4. The van der Waals surface area contributed by atoms with Gasteiger partial charge in [0.1, 0.15) is 11.5 Å². The van der Waals surface area contributed by atoms with E-state index in [-0.39, 0.29) is 11.7 Å². The summed E-state index contributed by atoms with van der Waals surface area (Å²) in [7, 11) is 6.24. The molecule has 0 bridgehead atoms. The molecule has 0 aliphatic heterocycles. The van der Waals surface area contributed by atoms with Gasteiger partial charge in [0.05, 0.1) is 34.1 Å². The first-order valence-electron chi connectivity index (χ1n) is 10.4. The smallest absolute Gasteiger partial charge is 0.248 e. The van der Waals surface area contributed by atoms with Crippen LogP contribution in [-0.4, -0.2) is 39.5 Å². The molecule has 0 spiro atoms. The number of amides is 1. The van der Waals surface area contributed by atoms with E-state index in [0.29, 0.717) is 28.5 Å². The Morgan fingerprint density at radius 1 is 0.794 bits per heavy atom. The van der Waals surface area contributed by atoms with E-state index in [2.05, 4.69) is 5.32 Å². The molecule has 0 aliphatic carbocycles. The number of carbonyl (C=O) groups excluding carboxylic acids is 1. The molecule has 7 heteroatoms. The zero-order chi connectivity index (χ0) is 24.5. The highest BCUT2D eigenvalue weighted by atomic mass is 16.5. The number of nitrogens with one attached hydrogen (secondary N) is 1. The maximum Gasteiger partial charge on any atom is 0.248 e. The fourth-order valence-corrected chi connectivity index (χ4v) is 3.27. The topological polar surface area (TPSA) is 86.3 Å². The molecule has 3 aromatic carbocycles. The van der Waals surface area contributed by atoms with E-state index in [4.69, 9.17) is 18.9 Å². The lowest BCUT2D eigenvalue weighted by atomic mass is 10.1. The second-order valence-corrected chi connectivity index (χ2v) is 7.13. The van der Waals surface area contributed by atoms with Crippen LogP contribution < -0.4 is 24.3 Å². The highest BCUT2D eigenvalue weighted by Crippen LogP contribution is 2.39. The van der Waals surface area contributed by atoms with Crippen LogP contribution in [0.15, 0.2) is 60.7 Å². The molecule has 0 aliphatic rings. The summed E-state index contributed by atoms with van der Waals surface area (Å²) in [6.45, 7) is 0. The third kappa shape index (κ3) is 5.89. The van der Waals surface area contributed by atoms with Crippen LogP contribution in [0.1, 0.15) is 16.7 Å². The van der Waals surface area contributed by atoms with Gasteiger partial charge in [-0.05, 0) is 47.5 Å². The third-order valence-corrected chi connectivity index (χ3v) is 5.01. The van der Waals surface area contributed by atoms with E-state index in [1.54, 1.807) is 64.9 Å². The summed E-state index contributed by atoms with van der Waals surface area (Å²) in [4.78, 5) is 12.5. The molecule has 0 saturated heterocycles. The number of para-hydroxylation sites is 1. The van der Waals surface area contributed by atoms with Crippen molar-refractivity contribution in [2.75, 3.05) is 33.8 Å². The van der Waals surface area contributed by atoms with Gasteiger partial charge in [0.2, 0.25) is 11.7 Å². The van der Waals surface area contributed by atoms with Gasteiger partial charge in [-0.3, -0.25) is 4.79 Å². The summed E-state index contributed by atoms with van der Waals surface area (Å²) < 4.78 is 21.3. The molecule has 1 amide bonds. The summed E-state index contributed by atoms with van der Waals surface area (Å²) in [6.07, 6.45) is 6.69. The van der Waals surface area contributed by atoms with Gasteiger partial charge in [0, 0.05) is 11.6 Å². The molecule has 176 valence electrons. The van der Waals surface area contributed by atoms with Crippen molar-refractivity contribution in [3.8, 4) is 28.7 Å². The van der Waals surface area contributed by atoms with Crippen LogP contribution in [0, 0.1) is 0 Å². The number of anilines is 1. The van der Waals surface area contributed by atoms with Crippen molar-refractivity contribution >= 4 is 29.8 Å². The number of carbonyl (C=O) groups is 1. The van der Waals surface area contributed by atoms with Gasteiger partial charge >= 0.3 is 0 Å². The fraction of sp³-hybridized carbons (Fsp3) is 0.148. The Bertz CT molecular complexity index is 1170. The van der Waals surface area contributed by atoms with Gasteiger partial charge in [-0.25, -0.2) is 0 Å². The van der Waals surface area contributed by atoms with Crippen LogP contribution in [0.5, 0.6) is 28.7 Å². The van der Waals surface area contributed by atoms with E-state index >= 15 is 0 Å². The number of phenolic OH excluding ortho intramolecular Hbond substituents is 1. The van der Waals surface area contributed by atoms with Gasteiger partial charge in [-0.1, -0.05) is 36.4 Å². The molecular weight excluding hydrogens is 434 g/mol. The molecule has 3 aromatic rings. The number of hydrogen-bond donors (Lipinski definition) is 2. The number of methoxy groups -OCH3 is 4. The molecule has 0 heterocycles.